The maximum Gasteiger partial charge on any atom is 0.119 e. The van der Waals surface area contributed by atoms with Crippen molar-refractivity contribution in [2.24, 2.45) is 5.73 Å². The van der Waals surface area contributed by atoms with Gasteiger partial charge in [0, 0.05) is 6.42 Å². The molecule has 0 radical (unpaired) electrons. The van der Waals surface area contributed by atoms with Gasteiger partial charge < -0.3 is 10.5 Å². The van der Waals surface area contributed by atoms with Gasteiger partial charge in [0.2, 0.25) is 0 Å². The Morgan fingerprint density at radius 2 is 1.10 bits per heavy atom. The predicted molar refractivity (Wildman–Crippen MR) is 88.7 cm³/mol. The molecule has 0 bridgehead atoms. The molecule has 0 aromatic rings. The summed E-state index contributed by atoms with van der Waals surface area (Å²) in [5.74, 6) is 0. The van der Waals surface area contributed by atoms with Gasteiger partial charge in [-0.05, 0) is 45.1 Å². The summed E-state index contributed by atoms with van der Waals surface area (Å²) in [7, 11) is 0. The number of carbonyl (C=O) groups excluding carboxylic acids is 1. The number of hydrogen-bond donors (Lipinski definition) is 1. The standard InChI is InChI=1S/C18H31NO/c19-17-15-13-11-9-7-5-3-1-2-4-6-8-10-12-14-16-18-20/h1-2,5,7,11,13,18H,3-4,6,8-10,12,14-17,19H2/b2-1-,7-5-,13-11-. The smallest absolute Gasteiger partial charge is 0.119 e. The number of carbonyl (C=O) groups is 1. The topological polar surface area (TPSA) is 43.1 Å². The first kappa shape index (κ1) is 18.9. The van der Waals surface area contributed by atoms with E-state index >= 15 is 0 Å². The van der Waals surface area contributed by atoms with Crippen molar-refractivity contribution in [2.45, 2.75) is 64.2 Å². The second-order valence-corrected chi connectivity index (χ2v) is 4.97. The van der Waals surface area contributed by atoms with E-state index < -0.39 is 0 Å². The van der Waals surface area contributed by atoms with Crippen molar-refractivity contribution in [1.29, 1.82) is 0 Å². The Morgan fingerprint density at radius 3 is 1.70 bits per heavy atom. The fourth-order valence-electron chi connectivity index (χ4n) is 1.89. The Bertz CT molecular complexity index is 279. The zero-order valence-electron chi connectivity index (χ0n) is 12.8. The molecule has 0 heterocycles. The number of allylic oxidation sites excluding steroid dienone is 5. The van der Waals surface area contributed by atoms with E-state index in [1.54, 1.807) is 0 Å². The lowest BCUT2D eigenvalue weighted by molar-refractivity contribution is -0.107. The summed E-state index contributed by atoms with van der Waals surface area (Å²) in [6, 6.07) is 0. The van der Waals surface area contributed by atoms with Crippen molar-refractivity contribution in [2.75, 3.05) is 6.54 Å². The largest absolute Gasteiger partial charge is 0.330 e. The SMILES string of the molecule is NCC/C=C\C/C=C\C/C=C\CCCCCCCC=O. The molecule has 0 rings (SSSR count). The molecular weight excluding hydrogens is 246 g/mol. The van der Waals surface area contributed by atoms with Crippen LogP contribution in [0.1, 0.15) is 64.2 Å². The predicted octanol–water partition coefficient (Wildman–Crippen LogP) is 4.71. The van der Waals surface area contributed by atoms with Gasteiger partial charge in [-0.1, -0.05) is 55.7 Å². The van der Waals surface area contributed by atoms with Gasteiger partial charge in [-0.3, -0.25) is 0 Å². The van der Waals surface area contributed by atoms with Gasteiger partial charge in [0.25, 0.3) is 0 Å². The van der Waals surface area contributed by atoms with Crippen LogP contribution in [-0.2, 0) is 4.79 Å². The van der Waals surface area contributed by atoms with E-state index in [-0.39, 0.29) is 0 Å². The van der Waals surface area contributed by atoms with Crippen LogP contribution in [0.5, 0.6) is 0 Å². The van der Waals surface area contributed by atoms with Gasteiger partial charge in [0.05, 0.1) is 0 Å². The van der Waals surface area contributed by atoms with Crippen molar-refractivity contribution in [3.05, 3.63) is 36.5 Å². The fraction of sp³-hybridized carbons (Fsp3) is 0.611. The molecule has 0 fully saturated rings. The highest BCUT2D eigenvalue weighted by Crippen LogP contribution is 2.07. The van der Waals surface area contributed by atoms with Crippen LogP contribution in [-0.4, -0.2) is 12.8 Å². The average molecular weight is 277 g/mol. The van der Waals surface area contributed by atoms with Crippen LogP contribution in [0.4, 0.5) is 0 Å². The first-order valence-electron chi connectivity index (χ1n) is 8.00. The van der Waals surface area contributed by atoms with E-state index in [9.17, 15) is 4.79 Å². The Kier molecular flexibility index (Phi) is 16.8. The minimum absolute atomic E-state index is 0.730. The molecule has 0 aliphatic heterocycles. The van der Waals surface area contributed by atoms with Crippen LogP contribution in [0.15, 0.2) is 36.5 Å². The molecule has 20 heavy (non-hydrogen) atoms. The minimum atomic E-state index is 0.730. The number of unbranched alkanes of at least 4 members (excludes halogenated alkanes) is 6. The molecule has 0 atom stereocenters. The van der Waals surface area contributed by atoms with E-state index in [0.29, 0.717) is 0 Å². The molecule has 0 aliphatic rings. The zero-order chi connectivity index (χ0) is 14.7. The van der Waals surface area contributed by atoms with Gasteiger partial charge in [0.15, 0.2) is 0 Å². The molecule has 114 valence electrons. The van der Waals surface area contributed by atoms with E-state index in [4.69, 9.17) is 5.73 Å². The molecule has 2 N–H and O–H groups in total. The van der Waals surface area contributed by atoms with E-state index in [1.807, 2.05) is 0 Å². The summed E-state index contributed by atoms with van der Waals surface area (Å²) in [4.78, 5) is 10.1. The molecule has 0 saturated heterocycles. The van der Waals surface area contributed by atoms with Crippen LogP contribution >= 0.6 is 0 Å². The second-order valence-electron chi connectivity index (χ2n) is 4.97. The first-order valence-corrected chi connectivity index (χ1v) is 8.00. The third-order valence-electron chi connectivity index (χ3n) is 3.07. The van der Waals surface area contributed by atoms with Crippen LogP contribution < -0.4 is 5.73 Å². The number of rotatable bonds is 14. The third kappa shape index (κ3) is 16.9. The molecule has 0 amide bonds. The summed E-state index contributed by atoms with van der Waals surface area (Å²) in [5, 5.41) is 0. The highest BCUT2D eigenvalue weighted by Gasteiger charge is 1.89. The van der Waals surface area contributed by atoms with Crippen LogP contribution in [0.25, 0.3) is 0 Å². The summed E-state index contributed by atoms with van der Waals surface area (Å²) in [6.45, 7) is 0.736. The Hall–Kier alpha value is -1.15. The number of aldehydes is 1. The zero-order valence-corrected chi connectivity index (χ0v) is 12.8. The molecule has 0 saturated carbocycles. The highest BCUT2D eigenvalue weighted by atomic mass is 16.1. The maximum atomic E-state index is 10.1. The second kappa shape index (κ2) is 17.8. The Balaban J connectivity index is 3.23. The number of nitrogens with two attached hydrogens (primary N) is 1. The lowest BCUT2D eigenvalue weighted by Crippen LogP contribution is -1.94. The Morgan fingerprint density at radius 1 is 0.600 bits per heavy atom. The third-order valence-corrected chi connectivity index (χ3v) is 3.07. The lowest BCUT2D eigenvalue weighted by atomic mass is 10.1. The van der Waals surface area contributed by atoms with Crippen LogP contribution in [0.2, 0.25) is 0 Å². The molecule has 0 aromatic carbocycles. The summed E-state index contributed by atoms with van der Waals surface area (Å²) >= 11 is 0. The Labute approximate surface area is 124 Å². The highest BCUT2D eigenvalue weighted by molar-refractivity contribution is 5.48. The van der Waals surface area contributed by atoms with E-state index in [0.717, 1.165) is 44.9 Å². The lowest BCUT2D eigenvalue weighted by Gasteiger charge is -1.97. The van der Waals surface area contributed by atoms with Gasteiger partial charge in [-0.2, -0.15) is 0 Å². The van der Waals surface area contributed by atoms with Gasteiger partial charge >= 0.3 is 0 Å². The molecule has 0 spiro atoms. The van der Waals surface area contributed by atoms with Gasteiger partial charge in [0.1, 0.15) is 6.29 Å². The molecule has 2 heteroatoms. The van der Waals surface area contributed by atoms with Crippen molar-refractivity contribution < 1.29 is 4.79 Å². The van der Waals surface area contributed by atoms with Crippen molar-refractivity contribution >= 4 is 6.29 Å². The minimum Gasteiger partial charge on any atom is -0.330 e. The molecule has 0 aromatic heterocycles. The molecule has 0 aliphatic carbocycles. The number of hydrogen-bond acceptors (Lipinski definition) is 2. The van der Waals surface area contributed by atoms with Gasteiger partial charge in [-0.15, -0.1) is 0 Å². The molecular formula is C18H31NO. The van der Waals surface area contributed by atoms with Crippen molar-refractivity contribution in [1.82, 2.24) is 0 Å². The van der Waals surface area contributed by atoms with Crippen molar-refractivity contribution in [3.8, 4) is 0 Å². The average Bonchev–Trinajstić information content (AvgIpc) is 2.47. The summed E-state index contributed by atoms with van der Waals surface area (Å²) < 4.78 is 0. The molecule has 2 nitrogen and oxygen atoms in total. The molecule has 0 unspecified atom stereocenters. The van der Waals surface area contributed by atoms with Crippen LogP contribution in [0, 0.1) is 0 Å². The summed E-state index contributed by atoms with van der Waals surface area (Å²) in [6.07, 6.45) is 25.2. The maximum absolute atomic E-state index is 10.1. The van der Waals surface area contributed by atoms with E-state index in [1.165, 1.54) is 32.1 Å². The monoisotopic (exact) mass is 277 g/mol. The summed E-state index contributed by atoms with van der Waals surface area (Å²) in [5.41, 5.74) is 5.40. The fourth-order valence-corrected chi connectivity index (χ4v) is 1.89. The quantitative estimate of drug-likeness (QED) is 0.284. The first-order chi connectivity index (χ1) is 9.91. The van der Waals surface area contributed by atoms with Crippen LogP contribution in [0.3, 0.4) is 0 Å². The normalized spacial score (nSPS) is 12.1. The van der Waals surface area contributed by atoms with E-state index in [2.05, 4.69) is 36.5 Å². The van der Waals surface area contributed by atoms with Crippen molar-refractivity contribution in [3.63, 3.8) is 0 Å². The van der Waals surface area contributed by atoms with Gasteiger partial charge in [-0.25, -0.2) is 0 Å².